The molecule has 0 saturated carbocycles. The number of nitrogens with zero attached hydrogens (tertiary/aromatic N) is 1. The lowest BCUT2D eigenvalue weighted by atomic mass is 10.3. The molecule has 2 rings (SSSR count). The summed E-state index contributed by atoms with van der Waals surface area (Å²) in [6.45, 7) is 0.400. The molecule has 1 aliphatic heterocycles. The quantitative estimate of drug-likeness (QED) is 0.698. The van der Waals surface area contributed by atoms with Gasteiger partial charge in [-0.2, -0.15) is 0 Å². The number of hydrogen-bond acceptors (Lipinski definition) is 4. The summed E-state index contributed by atoms with van der Waals surface area (Å²) in [6, 6.07) is 0. The molecule has 0 radical (unpaired) electrons. The SMILES string of the molecule is O=c1c2c([nH]n1CCCO)CS(=O)(=O)C2. The molecule has 1 aromatic rings. The van der Waals surface area contributed by atoms with Crippen LogP contribution >= 0.6 is 0 Å². The summed E-state index contributed by atoms with van der Waals surface area (Å²) in [5, 5.41) is 11.4. The summed E-state index contributed by atoms with van der Waals surface area (Å²) < 4.78 is 23.8. The van der Waals surface area contributed by atoms with Crippen LogP contribution in [0.1, 0.15) is 17.7 Å². The van der Waals surface area contributed by atoms with E-state index in [1.807, 2.05) is 0 Å². The molecule has 0 fully saturated rings. The third kappa shape index (κ3) is 1.84. The van der Waals surface area contributed by atoms with E-state index in [1.165, 1.54) is 4.68 Å². The van der Waals surface area contributed by atoms with E-state index >= 15 is 0 Å². The smallest absolute Gasteiger partial charge is 0.271 e. The summed E-state index contributed by atoms with van der Waals surface area (Å²) in [7, 11) is -3.12. The molecule has 0 saturated heterocycles. The first-order valence-corrected chi connectivity index (χ1v) is 6.47. The number of aliphatic hydroxyl groups is 1. The summed E-state index contributed by atoms with van der Waals surface area (Å²) in [6.07, 6.45) is 0.478. The normalized spacial score (nSPS) is 17.9. The average molecular weight is 232 g/mol. The van der Waals surface area contributed by atoms with Crippen molar-refractivity contribution in [1.82, 2.24) is 9.78 Å². The van der Waals surface area contributed by atoms with Gasteiger partial charge in [-0.25, -0.2) is 8.42 Å². The van der Waals surface area contributed by atoms with Crippen molar-refractivity contribution in [2.75, 3.05) is 6.61 Å². The Kier molecular flexibility index (Phi) is 2.43. The Hall–Kier alpha value is -1.08. The topological polar surface area (TPSA) is 92.2 Å². The third-order valence-corrected chi connectivity index (χ3v) is 3.86. The van der Waals surface area contributed by atoms with Gasteiger partial charge in [-0.05, 0) is 6.42 Å². The first kappa shape index (κ1) is 10.4. The molecule has 1 aliphatic rings. The molecule has 15 heavy (non-hydrogen) atoms. The Bertz CT molecular complexity index is 525. The number of nitrogens with one attached hydrogen (secondary N) is 1. The highest BCUT2D eigenvalue weighted by Crippen LogP contribution is 2.19. The van der Waals surface area contributed by atoms with Crippen molar-refractivity contribution in [3.05, 3.63) is 21.6 Å². The lowest BCUT2D eigenvalue weighted by Crippen LogP contribution is -2.20. The number of aromatic amines is 1. The van der Waals surface area contributed by atoms with E-state index < -0.39 is 9.84 Å². The van der Waals surface area contributed by atoms with E-state index in [2.05, 4.69) is 5.10 Å². The molecule has 6 nitrogen and oxygen atoms in total. The number of aromatic nitrogens is 2. The van der Waals surface area contributed by atoms with Crippen LogP contribution in [0.4, 0.5) is 0 Å². The largest absolute Gasteiger partial charge is 0.396 e. The minimum Gasteiger partial charge on any atom is -0.396 e. The van der Waals surface area contributed by atoms with Gasteiger partial charge in [0.2, 0.25) is 0 Å². The molecule has 2 N–H and O–H groups in total. The molecule has 0 atom stereocenters. The summed E-state index contributed by atoms with van der Waals surface area (Å²) >= 11 is 0. The van der Waals surface area contributed by atoms with Gasteiger partial charge in [-0.15, -0.1) is 0 Å². The van der Waals surface area contributed by atoms with E-state index in [0.29, 0.717) is 24.2 Å². The Morgan fingerprint density at radius 1 is 1.40 bits per heavy atom. The molecule has 84 valence electrons. The lowest BCUT2D eigenvalue weighted by molar-refractivity contribution is 0.276. The maximum absolute atomic E-state index is 11.6. The van der Waals surface area contributed by atoms with Crippen LogP contribution in [0.25, 0.3) is 0 Å². The molecule has 1 aromatic heterocycles. The predicted molar refractivity (Wildman–Crippen MR) is 53.1 cm³/mol. The van der Waals surface area contributed by atoms with Gasteiger partial charge in [0.15, 0.2) is 9.84 Å². The van der Waals surface area contributed by atoms with Crippen LogP contribution in [-0.2, 0) is 27.9 Å². The maximum atomic E-state index is 11.6. The number of aryl methyl sites for hydroxylation is 1. The second-order valence-corrected chi connectivity index (χ2v) is 5.70. The zero-order valence-electron chi connectivity index (χ0n) is 8.06. The van der Waals surface area contributed by atoms with Crippen LogP contribution in [0.5, 0.6) is 0 Å². The molecular formula is C8H12N2O4S. The van der Waals surface area contributed by atoms with Crippen molar-refractivity contribution in [2.24, 2.45) is 0 Å². The van der Waals surface area contributed by atoms with Gasteiger partial charge >= 0.3 is 0 Å². The average Bonchev–Trinajstić information content (AvgIpc) is 2.58. The molecule has 0 amide bonds. The van der Waals surface area contributed by atoms with Crippen LogP contribution in [0, 0.1) is 0 Å². The molecule has 0 unspecified atom stereocenters. The summed E-state index contributed by atoms with van der Waals surface area (Å²) in [5.74, 6) is -0.243. The van der Waals surface area contributed by atoms with Crippen molar-refractivity contribution in [3.8, 4) is 0 Å². The zero-order valence-corrected chi connectivity index (χ0v) is 8.88. The van der Waals surface area contributed by atoms with Crippen molar-refractivity contribution in [1.29, 1.82) is 0 Å². The highest BCUT2D eigenvalue weighted by molar-refractivity contribution is 7.90. The minimum atomic E-state index is -3.12. The highest BCUT2D eigenvalue weighted by Gasteiger charge is 2.30. The predicted octanol–water partition coefficient (Wildman–Crippen LogP) is -1.01. The van der Waals surface area contributed by atoms with Gasteiger partial charge in [-0.3, -0.25) is 14.6 Å². The van der Waals surface area contributed by atoms with Crippen molar-refractivity contribution < 1.29 is 13.5 Å². The Balaban J connectivity index is 2.32. The number of rotatable bonds is 3. The number of sulfone groups is 1. The monoisotopic (exact) mass is 232 g/mol. The standard InChI is InChI=1S/C8H12N2O4S/c11-3-1-2-10-8(12)6-4-15(13,14)5-7(6)9-10/h9,11H,1-5H2. The van der Waals surface area contributed by atoms with Crippen molar-refractivity contribution >= 4 is 9.84 Å². The first-order valence-electron chi connectivity index (χ1n) is 4.65. The van der Waals surface area contributed by atoms with Gasteiger partial charge < -0.3 is 5.11 Å². The Morgan fingerprint density at radius 3 is 2.73 bits per heavy atom. The van der Waals surface area contributed by atoms with Gasteiger partial charge in [-0.1, -0.05) is 0 Å². The molecular weight excluding hydrogens is 220 g/mol. The molecule has 0 spiro atoms. The zero-order chi connectivity index (χ0) is 11.1. The van der Waals surface area contributed by atoms with Crippen molar-refractivity contribution in [2.45, 2.75) is 24.5 Å². The molecule has 7 heteroatoms. The van der Waals surface area contributed by atoms with Gasteiger partial charge in [0.05, 0.1) is 22.8 Å². The van der Waals surface area contributed by atoms with Crippen LogP contribution in [0.2, 0.25) is 0 Å². The molecule has 2 heterocycles. The van der Waals surface area contributed by atoms with Crippen LogP contribution < -0.4 is 5.56 Å². The molecule has 0 aliphatic carbocycles. The first-order chi connectivity index (χ1) is 7.03. The van der Waals surface area contributed by atoms with E-state index in [0.717, 1.165) is 0 Å². The van der Waals surface area contributed by atoms with Crippen LogP contribution in [0.3, 0.4) is 0 Å². The summed E-state index contributed by atoms with van der Waals surface area (Å²) in [5.41, 5.74) is 0.574. The fraction of sp³-hybridized carbons (Fsp3) is 0.625. The Labute approximate surface area is 86.4 Å². The summed E-state index contributed by atoms with van der Waals surface area (Å²) in [4.78, 5) is 11.6. The lowest BCUT2D eigenvalue weighted by Gasteiger charge is -1.99. The molecule has 0 bridgehead atoms. The van der Waals surface area contributed by atoms with Crippen molar-refractivity contribution in [3.63, 3.8) is 0 Å². The second kappa shape index (κ2) is 3.49. The Morgan fingerprint density at radius 2 is 2.13 bits per heavy atom. The van der Waals surface area contributed by atoms with E-state index in [-0.39, 0.29) is 23.7 Å². The van der Waals surface area contributed by atoms with Gasteiger partial charge in [0, 0.05) is 13.2 Å². The fourth-order valence-corrected chi connectivity index (χ4v) is 3.24. The maximum Gasteiger partial charge on any atom is 0.271 e. The van der Waals surface area contributed by atoms with Crippen LogP contribution in [0.15, 0.2) is 4.79 Å². The highest BCUT2D eigenvalue weighted by atomic mass is 32.2. The number of fused-ring (bicyclic) bond motifs is 1. The van der Waals surface area contributed by atoms with E-state index in [1.54, 1.807) is 0 Å². The minimum absolute atomic E-state index is 0.00836. The second-order valence-electron chi connectivity index (χ2n) is 3.64. The van der Waals surface area contributed by atoms with Gasteiger partial charge in [0.1, 0.15) is 0 Å². The van der Waals surface area contributed by atoms with E-state index in [4.69, 9.17) is 5.11 Å². The van der Waals surface area contributed by atoms with Gasteiger partial charge in [0.25, 0.3) is 5.56 Å². The van der Waals surface area contributed by atoms with E-state index in [9.17, 15) is 13.2 Å². The number of aliphatic hydroxyl groups excluding tert-OH is 1. The van der Waals surface area contributed by atoms with Crippen LogP contribution in [-0.4, -0.2) is 29.9 Å². The third-order valence-electron chi connectivity index (χ3n) is 2.41. The fourth-order valence-electron chi connectivity index (χ4n) is 1.72. The molecule has 0 aromatic carbocycles. The number of H-pyrrole nitrogens is 1. The number of hydrogen-bond donors (Lipinski definition) is 2.